The van der Waals surface area contributed by atoms with Crippen LogP contribution in [0.15, 0.2) is 6.07 Å². The van der Waals surface area contributed by atoms with Crippen LogP contribution in [0.2, 0.25) is 0 Å². The third kappa shape index (κ3) is 3.06. The number of hydrogen-bond donors (Lipinski definition) is 1. The summed E-state index contributed by atoms with van der Waals surface area (Å²) in [5.74, 6) is 2.59. The first kappa shape index (κ1) is 16.3. The van der Waals surface area contributed by atoms with Crippen molar-refractivity contribution in [3.63, 3.8) is 0 Å². The monoisotopic (exact) mass is 344 g/mol. The molecule has 0 aromatic carbocycles. The molecule has 25 heavy (non-hydrogen) atoms. The van der Waals surface area contributed by atoms with Gasteiger partial charge >= 0.3 is 0 Å². The van der Waals surface area contributed by atoms with Crippen LogP contribution in [-0.4, -0.2) is 62.6 Å². The minimum absolute atomic E-state index is 0.0331. The van der Waals surface area contributed by atoms with Gasteiger partial charge in [0.2, 0.25) is 0 Å². The normalized spacial score (nSPS) is 23.4. The van der Waals surface area contributed by atoms with Crippen LogP contribution in [-0.2, 0) is 11.8 Å². The number of amides is 1. The number of methoxy groups -OCH3 is 1. The number of carbonyl (C=O) groups is 1. The number of nitrogens with zero attached hydrogens (tertiary/aromatic N) is 5. The van der Waals surface area contributed by atoms with Gasteiger partial charge in [0.05, 0.1) is 6.61 Å². The molecule has 0 radical (unpaired) electrons. The number of likely N-dealkylation sites (tertiary alicyclic amines) is 1. The Labute approximate surface area is 146 Å². The molecule has 1 saturated heterocycles. The van der Waals surface area contributed by atoms with Gasteiger partial charge in [0.25, 0.3) is 5.91 Å². The largest absolute Gasteiger partial charge is 0.384 e. The van der Waals surface area contributed by atoms with Crippen molar-refractivity contribution in [1.29, 1.82) is 0 Å². The highest BCUT2D eigenvalue weighted by atomic mass is 16.5. The maximum Gasteiger partial charge on any atom is 0.274 e. The Morgan fingerprint density at radius 3 is 2.84 bits per heavy atom. The van der Waals surface area contributed by atoms with Crippen molar-refractivity contribution in [3.8, 4) is 0 Å². The lowest BCUT2D eigenvalue weighted by atomic mass is 9.96. The summed E-state index contributed by atoms with van der Waals surface area (Å²) in [5, 5.41) is 11.8. The summed E-state index contributed by atoms with van der Waals surface area (Å²) in [6.45, 7) is 3.79. The van der Waals surface area contributed by atoms with E-state index in [0.717, 1.165) is 17.3 Å². The summed E-state index contributed by atoms with van der Waals surface area (Å²) < 4.78 is 7.11. The van der Waals surface area contributed by atoms with Crippen molar-refractivity contribution in [2.75, 3.05) is 26.8 Å². The summed E-state index contributed by atoms with van der Waals surface area (Å²) in [5.41, 5.74) is 1.46. The van der Waals surface area contributed by atoms with E-state index in [1.54, 1.807) is 11.8 Å². The highest BCUT2D eigenvalue weighted by Crippen LogP contribution is 2.39. The molecule has 2 aromatic rings. The highest BCUT2D eigenvalue weighted by Gasteiger charge is 2.39. The second-order valence-corrected chi connectivity index (χ2v) is 7.18. The Bertz CT molecular complexity index is 758. The van der Waals surface area contributed by atoms with Gasteiger partial charge in [0.15, 0.2) is 11.5 Å². The molecule has 4 rings (SSSR count). The number of nitrogens with one attached hydrogen (secondary N) is 1. The lowest BCUT2D eigenvalue weighted by molar-refractivity contribution is 0.0769. The Morgan fingerprint density at radius 2 is 2.20 bits per heavy atom. The van der Waals surface area contributed by atoms with Crippen LogP contribution in [0.4, 0.5) is 0 Å². The SMILES string of the molecule is COC[C@@H]1CN(C(=O)c2cc(C)n(C)n2)C[C@H]1c1nc(C2CC2)n[nH]1. The number of carbonyl (C=O) groups excluding carboxylic acids is 1. The van der Waals surface area contributed by atoms with E-state index in [-0.39, 0.29) is 17.7 Å². The zero-order valence-corrected chi connectivity index (χ0v) is 14.9. The van der Waals surface area contributed by atoms with Gasteiger partial charge in [-0.1, -0.05) is 0 Å². The number of aryl methyl sites for hydroxylation is 2. The first-order chi connectivity index (χ1) is 12.1. The van der Waals surface area contributed by atoms with Crippen LogP contribution < -0.4 is 0 Å². The zero-order valence-electron chi connectivity index (χ0n) is 14.9. The fourth-order valence-corrected chi connectivity index (χ4v) is 3.53. The Hall–Kier alpha value is -2.22. The molecule has 3 heterocycles. The van der Waals surface area contributed by atoms with Gasteiger partial charge < -0.3 is 9.64 Å². The fraction of sp³-hybridized carbons (Fsp3) is 0.647. The molecule has 8 nitrogen and oxygen atoms in total. The molecule has 8 heteroatoms. The second-order valence-electron chi connectivity index (χ2n) is 7.18. The number of H-pyrrole nitrogens is 1. The average molecular weight is 344 g/mol. The summed E-state index contributed by atoms with van der Waals surface area (Å²) >= 11 is 0. The first-order valence-corrected chi connectivity index (χ1v) is 8.78. The van der Waals surface area contributed by atoms with Crippen molar-refractivity contribution in [2.24, 2.45) is 13.0 Å². The molecular weight excluding hydrogens is 320 g/mol. The number of ether oxygens (including phenoxy) is 1. The van der Waals surface area contributed by atoms with E-state index < -0.39 is 0 Å². The average Bonchev–Trinajstić information content (AvgIpc) is 3.02. The molecule has 1 N–H and O–H groups in total. The van der Waals surface area contributed by atoms with Gasteiger partial charge in [-0.25, -0.2) is 4.98 Å². The summed E-state index contributed by atoms with van der Waals surface area (Å²) in [6, 6.07) is 1.83. The molecule has 1 aliphatic heterocycles. The predicted molar refractivity (Wildman–Crippen MR) is 90.3 cm³/mol. The molecule has 2 atom stereocenters. The van der Waals surface area contributed by atoms with Crippen molar-refractivity contribution in [1.82, 2.24) is 29.9 Å². The van der Waals surface area contributed by atoms with E-state index >= 15 is 0 Å². The number of rotatable bonds is 5. The molecule has 1 amide bonds. The predicted octanol–water partition coefficient (Wildman–Crippen LogP) is 1.23. The molecule has 0 spiro atoms. The standard InChI is InChI=1S/C17H24N6O2/c1-10-6-14(21-22(10)2)17(24)23-7-12(9-25-3)13(8-23)16-18-15(19-20-16)11-4-5-11/h6,11-13H,4-5,7-9H2,1-3H3,(H,18,19,20)/t12-,13+/m0/s1. The van der Waals surface area contributed by atoms with Crippen LogP contribution >= 0.6 is 0 Å². The molecule has 0 unspecified atom stereocenters. The summed E-state index contributed by atoms with van der Waals surface area (Å²) in [6.07, 6.45) is 2.35. The van der Waals surface area contributed by atoms with Gasteiger partial charge in [0.1, 0.15) is 5.82 Å². The van der Waals surface area contributed by atoms with E-state index in [1.807, 2.05) is 24.9 Å². The maximum atomic E-state index is 12.8. The molecule has 0 bridgehead atoms. The number of aromatic nitrogens is 5. The van der Waals surface area contributed by atoms with E-state index in [9.17, 15) is 4.79 Å². The van der Waals surface area contributed by atoms with Gasteiger partial charge in [-0.15, -0.1) is 0 Å². The number of hydrogen-bond acceptors (Lipinski definition) is 5. The molecule has 2 aliphatic rings. The van der Waals surface area contributed by atoms with Crippen LogP contribution in [0.3, 0.4) is 0 Å². The van der Waals surface area contributed by atoms with Gasteiger partial charge in [-0.05, 0) is 25.8 Å². The fourth-order valence-electron chi connectivity index (χ4n) is 3.53. The first-order valence-electron chi connectivity index (χ1n) is 8.78. The summed E-state index contributed by atoms with van der Waals surface area (Å²) in [4.78, 5) is 19.4. The van der Waals surface area contributed by atoms with Crippen molar-refractivity contribution < 1.29 is 9.53 Å². The minimum atomic E-state index is -0.0331. The van der Waals surface area contributed by atoms with E-state index in [1.165, 1.54) is 12.8 Å². The van der Waals surface area contributed by atoms with Gasteiger partial charge in [0, 0.05) is 50.7 Å². The van der Waals surface area contributed by atoms with Crippen LogP contribution in [0.5, 0.6) is 0 Å². The Kier molecular flexibility index (Phi) is 4.07. The number of aromatic amines is 1. The van der Waals surface area contributed by atoms with Crippen molar-refractivity contribution >= 4 is 5.91 Å². The topological polar surface area (TPSA) is 88.9 Å². The molecule has 1 aliphatic carbocycles. The third-order valence-corrected chi connectivity index (χ3v) is 5.26. The second kappa shape index (κ2) is 6.25. The van der Waals surface area contributed by atoms with Gasteiger partial charge in [-0.3, -0.25) is 14.6 Å². The summed E-state index contributed by atoms with van der Waals surface area (Å²) in [7, 11) is 3.54. The van der Waals surface area contributed by atoms with Crippen LogP contribution in [0.1, 0.15) is 52.5 Å². The molecule has 1 saturated carbocycles. The molecule has 2 aromatic heterocycles. The van der Waals surface area contributed by atoms with Gasteiger partial charge in [-0.2, -0.15) is 10.2 Å². The molecular formula is C17H24N6O2. The van der Waals surface area contributed by atoms with E-state index in [0.29, 0.717) is 31.3 Å². The maximum absolute atomic E-state index is 12.8. The molecule has 2 fully saturated rings. The highest BCUT2D eigenvalue weighted by molar-refractivity contribution is 5.92. The van der Waals surface area contributed by atoms with Crippen molar-refractivity contribution in [3.05, 3.63) is 29.1 Å². The Balaban J connectivity index is 1.53. The minimum Gasteiger partial charge on any atom is -0.384 e. The van der Waals surface area contributed by atoms with Crippen molar-refractivity contribution in [2.45, 2.75) is 31.6 Å². The quantitative estimate of drug-likeness (QED) is 0.881. The van der Waals surface area contributed by atoms with E-state index in [4.69, 9.17) is 9.72 Å². The van der Waals surface area contributed by atoms with Crippen LogP contribution in [0, 0.1) is 12.8 Å². The van der Waals surface area contributed by atoms with E-state index in [2.05, 4.69) is 15.3 Å². The lowest BCUT2D eigenvalue weighted by Crippen LogP contribution is -2.29. The third-order valence-electron chi connectivity index (χ3n) is 5.26. The lowest BCUT2D eigenvalue weighted by Gasteiger charge is -2.14. The molecule has 134 valence electrons. The zero-order chi connectivity index (χ0) is 17.6. The Morgan fingerprint density at radius 1 is 1.40 bits per heavy atom. The smallest absolute Gasteiger partial charge is 0.274 e. The van der Waals surface area contributed by atoms with Crippen LogP contribution in [0.25, 0.3) is 0 Å².